The Morgan fingerprint density at radius 3 is 1.87 bits per heavy atom. The lowest BCUT2D eigenvalue weighted by atomic mass is 9.86. The second-order valence-electron chi connectivity index (χ2n) is 7.41. The van der Waals surface area contributed by atoms with Crippen molar-refractivity contribution in [2.75, 3.05) is 79.8 Å². The summed E-state index contributed by atoms with van der Waals surface area (Å²) >= 11 is 0. The topological polar surface area (TPSA) is 98.2 Å². The number of methoxy groups -OCH3 is 1. The Kier molecular flexibility index (Phi) is 13.5. The van der Waals surface area contributed by atoms with Crippen molar-refractivity contribution < 1.29 is 33.2 Å². The maximum atomic E-state index is 11.0. The van der Waals surface area contributed by atoms with E-state index >= 15 is 0 Å². The Labute approximate surface area is 184 Å². The number of rotatable bonds is 19. The summed E-state index contributed by atoms with van der Waals surface area (Å²) in [5.41, 5.74) is 0.220. The van der Waals surface area contributed by atoms with Gasteiger partial charge in [-0.25, -0.2) is 9.97 Å². The third kappa shape index (κ3) is 10.1. The van der Waals surface area contributed by atoms with Crippen molar-refractivity contribution in [2.45, 2.75) is 31.1 Å². The largest absolute Gasteiger partial charge is 0.382 e. The molecule has 0 radical (unpaired) electrons. The van der Waals surface area contributed by atoms with Crippen LogP contribution in [0.4, 0.5) is 0 Å². The molecule has 0 saturated heterocycles. The zero-order valence-electron chi connectivity index (χ0n) is 18.6. The van der Waals surface area contributed by atoms with Crippen molar-refractivity contribution in [3.63, 3.8) is 0 Å². The van der Waals surface area contributed by atoms with Crippen molar-refractivity contribution in [1.82, 2.24) is 9.97 Å². The molecule has 0 unspecified atom stereocenters. The van der Waals surface area contributed by atoms with E-state index in [1.807, 2.05) is 0 Å². The summed E-state index contributed by atoms with van der Waals surface area (Å²) < 4.78 is 32.5. The summed E-state index contributed by atoms with van der Waals surface area (Å²) in [4.78, 5) is 19.9. The fraction of sp³-hybridized carbons (Fsp3) is 0.773. The van der Waals surface area contributed by atoms with Crippen LogP contribution in [0.3, 0.4) is 0 Å². The van der Waals surface area contributed by atoms with Gasteiger partial charge in [-0.1, -0.05) is 12.8 Å². The summed E-state index contributed by atoms with van der Waals surface area (Å²) in [6.07, 6.45) is 6.61. The third-order valence-electron chi connectivity index (χ3n) is 5.13. The fourth-order valence-corrected chi connectivity index (χ4v) is 3.47. The monoisotopic (exact) mass is 440 g/mol. The highest BCUT2D eigenvalue weighted by Gasteiger charge is 2.38. The summed E-state index contributed by atoms with van der Waals surface area (Å²) in [5, 5.41) is 0. The van der Waals surface area contributed by atoms with Crippen LogP contribution in [0, 0.1) is 0 Å². The van der Waals surface area contributed by atoms with E-state index < -0.39 is 0 Å². The van der Waals surface area contributed by atoms with Crippen LogP contribution in [0.1, 0.15) is 42.0 Å². The van der Waals surface area contributed by atoms with E-state index in [2.05, 4.69) is 9.97 Å². The average Bonchev–Trinajstić information content (AvgIpc) is 3.29. The minimum absolute atomic E-state index is 0.197. The molecule has 1 aromatic heterocycles. The van der Waals surface area contributed by atoms with Crippen LogP contribution in [0.5, 0.6) is 0 Å². The Morgan fingerprint density at radius 1 is 0.839 bits per heavy atom. The maximum Gasteiger partial charge on any atom is 0.168 e. The molecule has 0 bridgehead atoms. The number of aromatic nitrogens is 2. The highest BCUT2D eigenvalue weighted by Crippen LogP contribution is 2.39. The molecular formula is C22H36N2O7. The molecule has 0 amide bonds. The van der Waals surface area contributed by atoms with E-state index in [9.17, 15) is 4.79 Å². The average molecular weight is 441 g/mol. The number of nitrogens with zero attached hydrogens (tertiary/aromatic N) is 2. The van der Waals surface area contributed by atoms with Crippen LogP contribution in [-0.2, 0) is 33.8 Å². The van der Waals surface area contributed by atoms with Gasteiger partial charge in [-0.05, 0) is 18.9 Å². The number of ether oxygens (including phenoxy) is 6. The standard InChI is InChI=1S/C22H36N2O7/c1-26-8-9-27-10-11-28-12-13-29-14-15-30-16-17-31-19-22(5-2-3-6-22)21-23-7-4-20(18-25)24-21/h4,7,18H,2-3,5-6,8-17,19H2,1H3. The first-order valence-corrected chi connectivity index (χ1v) is 11.0. The zero-order chi connectivity index (χ0) is 22.0. The molecule has 1 heterocycles. The summed E-state index contributed by atoms with van der Waals surface area (Å²) in [5.74, 6) is 0.715. The van der Waals surface area contributed by atoms with Crippen LogP contribution < -0.4 is 0 Å². The first-order chi connectivity index (χ1) is 15.3. The fourth-order valence-electron chi connectivity index (χ4n) is 3.47. The third-order valence-corrected chi connectivity index (χ3v) is 5.13. The molecule has 0 N–H and O–H groups in total. The van der Waals surface area contributed by atoms with Gasteiger partial charge in [0.2, 0.25) is 0 Å². The molecule has 9 nitrogen and oxygen atoms in total. The Balaban J connectivity index is 1.46. The minimum Gasteiger partial charge on any atom is -0.382 e. The van der Waals surface area contributed by atoms with Crippen molar-refractivity contribution in [1.29, 1.82) is 0 Å². The Hall–Kier alpha value is -1.49. The minimum atomic E-state index is -0.197. The second kappa shape index (κ2) is 16.2. The van der Waals surface area contributed by atoms with E-state index in [-0.39, 0.29) is 5.41 Å². The van der Waals surface area contributed by atoms with E-state index in [0.717, 1.165) is 32.0 Å². The lowest BCUT2D eigenvalue weighted by Crippen LogP contribution is -2.32. The molecule has 31 heavy (non-hydrogen) atoms. The summed E-state index contributed by atoms with van der Waals surface area (Å²) in [6.45, 7) is 5.93. The number of hydrogen-bond acceptors (Lipinski definition) is 9. The highest BCUT2D eigenvalue weighted by molar-refractivity contribution is 5.71. The number of carbonyl (C=O) groups excluding carboxylic acids is 1. The number of aldehydes is 1. The van der Waals surface area contributed by atoms with Crippen LogP contribution in [0.2, 0.25) is 0 Å². The molecule has 1 fully saturated rings. The van der Waals surface area contributed by atoms with Crippen LogP contribution in [0.15, 0.2) is 12.3 Å². The van der Waals surface area contributed by atoms with Gasteiger partial charge < -0.3 is 28.4 Å². The quantitative estimate of drug-likeness (QED) is 0.236. The molecule has 0 atom stereocenters. The lowest BCUT2D eigenvalue weighted by molar-refractivity contribution is -0.0181. The van der Waals surface area contributed by atoms with Gasteiger partial charge in [0.1, 0.15) is 11.5 Å². The lowest BCUT2D eigenvalue weighted by Gasteiger charge is -2.27. The van der Waals surface area contributed by atoms with Crippen LogP contribution >= 0.6 is 0 Å². The van der Waals surface area contributed by atoms with Gasteiger partial charge in [-0.15, -0.1) is 0 Å². The second-order valence-corrected chi connectivity index (χ2v) is 7.41. The number of hydrogen-bond donors (Lipinski definition) is 0. The van der Waals surface area contributed by atoms with Gasteiger partial charge in [0.15, 0.2) is 6.29 Å². The molecule has 1 aliphatic rings. The molecule has 176 valence electrons. The molecule has 2 rings (SSSR count). The Bertz CT molecular complexity index is 597. The molecule has 0 aliphatic heterocycles. The van der Waals surface area contributed by atoms with Crippen LogP contribution in [-0.4, -0.2) is 96.0 Å². The van der Waals surface area contributed by atoms with E-state index in [0.29, 0.717) is 84.2 Å². The SMILES string of the molecule is COCCOCCOCCOCCOCCOCC1(c2nccc(C=O)n2)CCCC1. The van der Waals surface area contributed by atoms with Gasteiger partial charge in [0.05, 0.1) is 78.1 Å². The first-order valence-electron chi connectivity index (χ1n) is 11.0. The van der Waals surface area contributed by atoms with Crippen molar-refractivity contribution >= 4 is 6.29 Å². The smallest absolute Gasteiger partial charge is 0.168 e. The first kappa shape index (κ1) is 25.8. The highest BCUT2D eigenvalue weighted by atomic mass is 16.6. The zero-order valence-corrected chi connectivity index (χ0v) is 18.6. The molecule has 1 aromatic rings. The summed E-state index contributed by atoms with van der Waals surface area (Å²) in [6, 6.07) is 1.63. The molecule has 1 aliphatic carbocycles. The Morgan fingerprint density at radius 2 is 1.35 bits per heavy atom. The molecular weight excluding hydrogens is 404 g/mol. The predicted octanol–water partition coefficient (Wildman–Crippen LogP) is 1.83. The predicted molar refractivity (Wildman–Crippen MR) is 114 cm³/mol. The summed E-state index contributed by atoms with van der Waals surface area (Å²) in [7, 11) is 1.65. The van der Waals surface area contributed by atoms with Gasteiger partial charge >= 0.3 is 0 Å². The maximum absolute atomic E-state index is 11.0. The van der Waals surface area contributed by atoms with Crippen LogP contribution in [0.25, 0.3) is 0 Å². The normalized spacial score (nSPS) is 15.4. The molecule has 1 saturated carbocycles. The van der Waals surface area contributed by atoms with Gasteiger partial charge in [0.25, 0.3) is 0 Å². The molecule has 9 heteroatoms. The molecule has 0 spiro atoms. The van der Waals surface area contributed by atoms with Gasteiger partial charge in [-0.2, -0.15) is 0 Å². The number of carbonyl (C=O) groups is 1. The van der Waals surface area contributed by atoms with Gasteiger partial charge in [-0.3, -0.25) is 4.79 Å². The van der Waals surface area contributed by atoms with E-state index in [1.54, 1.807) is 19.4 Å². The van der Waals surface area contributed by atoms with Gasteiger partial charge in [0, 0.05) is 13.3 Å². The van der Waals surface area contributed by atoms with E-state index in [4.69, 9.17) is 28.4 Å². The van der Waals surface area contributed by atoms with Crippen molar-refractivity contribution in [3.05, 3.63) is 23.8 Å². The van der Waals surface area contributed by atoms with Crippen molar-refractivity contribution in [3.8, 4) is 0 Å². The van der Waals surface area contributed by atoms with Crippen molar-refractivity contribution in [2.24, 2.45) is 0 Å². The van der Waals surface area contributed by atoms with E-state index in [1.165, 1.54) is 0 Å². The molecule has 0 aromatic carbocycles.